The van der Waals surface area contributed by atoms with Crippen LogP contribution in [0.1, 0.15) is 42.4 Å². The van der Waals surface area contributed by atoms with Gasteiger partial charge >= 0.3 is 6.18 Å². The van der Waals surface area contributed by atoms with Gasteiger partial charge in [0.05, 0.1) is 5.69 Å². The number of alkyl halides is 3. The zero-order valence-electron chi connectivity index (χ0n) is 13.8. The number of nitrogens with zero attached hydrogens (tertiary/aromatic N) is 2. The Balaban J connectivity index is 1.97. The van der Waals surface area contributed by atoms with E-state index in [1.165, 1.54) is 11.0 Å². The third-order valence-electron chi connectivity index (χ3n) is 4.30. The van der Waals surface area contributed by atoms with Crippen LogP contribution in [0, 0.1) is 0 Å². The minimum Gasteiger partial charge on any atom is -0.351 e. The van der Waals surface area contributed by atoms with Crippen molar-refractivity contribution in [2.24, 2.45) is 0 Å². The lowest BCUT2D eigenvalue weighted by atomic mass is 10.1. The molecular formula is C15H23F3N4O2. The number of carbonyl (C=O) groups excluding carboxylic acids is 1. The Labute approximate surface area is 138 Å². The molecule has 2 unspecified atom stereocenters. The van der Waals surface area contributed by atoms with E-state index in [-0.39, 0.29) is 11.7 Å². The molecule has 1 saturated heterocycles. The lowest BCUT2D eigenvalue weighted by Crippen LogP contribution is -2.57. The molecule has 0 radical (unpaired) electrons. The summed E-state index contributed by atoms with van der Waals surface area (Å²) in [6, 6.07) is -0.225. The first-order valence-electron chi connectivity index (χ1n) is 8.09. The first-order valence-corrected chi connectivity index (χ1v) is 8.09. The van der Waals surface area contributed by atoms with Crippen LogP contribution in [0.25, 0.3) is 0 Å². The van der Waals surface area contributed by atoms with Gasteiger partial charge in [-0.3, -0.25) is 9.69 Å². The Hall–Kier alpha value is -1.61. The third kappa shape index (κ3) is 4.70. The van der Waals surface area contributed by atoms with E-state index in [0.717, 1.165) is 6.42 Å². The first kappa shape index (κ1) is 18.7. The second-order valence-corrected chi connectivity index (χ2v) is 5.98. The van der Waals surface area contributed by atoms with Crippen molar-refractivity contribution in [3.05, 3.63) is 17.5 Å². The monoisotopic (exact) mass is 348 g/mol. The summed E-state index contributed by atoms with van der Waals surface area (Å²) < 4.78 is 44.7. The van der Waals surface area contributed by atoms with Gasteiger partial charge in [0.1, 0.15) is 6.04 Å². The summed E-state index contributed by atoms with van der Waals surface area (Å²) in [6.45, 7) is 4.98. The number of hydrogen-bond acceptors (Lipinski definition) is 5. The maximum absolute atomic E-state index is 13.3. The fourth-order valence-electron chi connectivity index (χ4n) is 2.56. The summed E-state index contributed by atoms with van der Waals surface area (Å²) >= 11 is 0. The fraction of sp³-hybridized carbons (Fsp3) is 0.733. The van der Waals surface area contributed by atoms with E-state index < -0.39 is 24.7 Å². The summed E-state index contributed by atoms with van der Waals surface area (Å²) in [6.07, 6.45) is -3.58. The van der Waals surface area contributed by atoms with Crippen molar-refractivity contribution in [1.29, 1.82) is 0 Å². The second kappa shape index (κ2) is 7.98. The number of rotatable bonds is 6. The number of aromatic nitrogens is 1. The topological polar surface area (TPSA) is 70.4 Å². The molecule has 1 aliphatic heterocycles. The normalized spacial score (nSPS) is 19.0. The molecule has 24 heavy (non-hydrogen) atoms. The van der Waals surface area contributed by atoms with Gasteiger partial charge in [-0.05, 0) is 6.42 Å². The quantitative estimate of drug-likeness (QED) is 0.820. The van der Waals surface area contributed by atoms with Crippen LogP contribution in [0.5, 0.6) is 0 Å². The highest BCUT2D eigenvalue weighted by Crippen LogP contribution is 2.25. The maximum Gasteiger partial charge on any atom is 0.405 e. The lowest BCUT2D eigenvalue weighted by molar-refractivity contribution is -0.183. The highest BCUT2D eigenvalue weighted by atomic mass is 19.4. The number of amides is 1. The van der Waals surface area contributed by atoms with Crippen LogP contribution < -0.4 is 10.6 Å². The molecule has 2 N–H and O–H groups in total. The SMILES string of the molecule is CCC(C)c1cc(C(=O)NCC(N2CCNCC2)C(F)(F)F)on1. The van der Waals surface area contributed by atoms with E-state index in [1.54, 1.807) is 0 Å². The molecule has 2 atom stereocenters. The lowest BCUT2D eigenvalue weighted by Gasteiger charge is -2.35. The number of piperazine rings is 1. The van der Waals surface area contributed by atoms with Crippen molar-refractivity contribution in [3.8, 4) is 0 Å². The molecular weight excluding hydrogens is 325 g/mol. The van der Waals surface area contributed by atoms with Crippen LogP contribution in [-0.4, -0.2) is 60.9 Å². The van der Waals surface area contributed by atoms with Crippen molar-refractivity contribution in [3.63, 3.8) is 0 Å². The van der Waals surface area contributed by atoms with E-state index in [2.05, 4.69) is 15.8 Å². The van der Waals surface area contributed by atoms with Gasteiger partial charge in [-0.25, -0.2) is 0 Å². The van der Waals surface area contributed by atoms with Crippen LogP contribution in [-0.2, 0) is 0 Å². The van der Waals surface area contributed by atoms with Crippen LogP contribution in [0.15, 0.2) is 10.6 Å². The molecule has 2 heterocycles. The predicted octanol–water partition coefficient (Wildman–Crippen LogP) is 1.75. The fourth-order valence-corrected chi connectivity index (χ4v) is 2.56. The summed E-state index contributed by atoms with van der Waals surface area (Å²) in [5, 5.41) is 9.13. The van der Waals surface area contributed by atoms with Gasteiger partial charge in [0.15, 0.2) is 0 Å². The predicted molar refractivity (Wildman–Crippen MR) is 81.8 cm³/mol. The molecule has 0 aliphatic carbocycles. The smallest absolute Gasteiger partial charge is 0.351 e. The van der Waals surface area contributed by atoms with Crippen LogP contribution in [0.3, 0.4) is 0 Å². The van der Waals surface area contributed by atoms with Gasteiger partial charge < -0.3 is 15.2 Å². The maximum atomic E-state index is 13.3. The van der Waals surface area contributed by atoms with Gasteiger partial charge in [0, 0.05) is 44.7 Å². The van der Waals surface area contributed by atoms with Gasteiger partial charge in [0.25, 0.3) is 5.91 Å². The van der Waals surface area contributed by atoms with E-state index in [9.17, 15) is 18.0 Å². The highest BCUT2D eigenvalue weighted by Gasteiger charge is 2.44. The Morgan fingerprint density at radius 1 is 1.46 bits per heavy atom. The zero-order valence-corrected chi connectivity index (χ0v) is 13.8. The molecule has 1 aromatic rings. The van der Waals surface area contributed by atoms with E-state index >= 15 is 0 Å². The zero-order chi connectivity index (χ0) is 17.7. The number of hydrogen-bond donors (Lipinski definition) is 2. The Morgan fingerprint density at radius 2 is 2.12 bits per heavy atom. The van der Waals surface area contributed by atoms with Crippen molar-refractivity contribution in [1.82, 2.24) is 20.7 Å². The number of carbonyl (C=O) groups is 1. The largest absolute Gasteiger partial charge is 0.405 e. The average molecular weight is 348 g/mol. The second-order valence-electron chi connectivity index (χ2n) is 5.98. The molecule has 1 fully saturated rings. The van der Waals surface area contributed by atoms with Crippen molar-refractivity contribution in [2.75, 3.05) is 32.7 Å². The molecule has 0 saturated carbocycles. The average Bonchev–Trinajstić information content (AvgIpc) is 3.04. The van der Waals surface area contributed by atoms with E-state index in [0.29, 0.717) is 31.9 Å². The number of nitrogens with one attached hydrogen (secondary N) is 2. The Bertz CT molecular complexity index is 541. The molecule has 9 heteroatoms. The molecule has 1 aliphatic rings. The third-order valence-corrected chi connectivity index (χ3v) is 4.30. The summed E-state index contributed by atoms with van der Waals surface area (Å²) in [7, 11) is 0. The Morgan fingerprint density at radius 3 is 2.71 bits per heavy atom. The van der Waals surface area contributed by atoms with Crippen molar-refractivity contribution >= 4 is 5.91 Å². The molecule has 1 aromatic heterocycles. The van der Waals surface area contributed by atoms with Crippen LogP contribution in [0.4, 0.5) is 13.2 Å². The number of halogens is 3. The molecule has 1 amide bonds. The summed E-state index contributed by atoms with van der Waals surface area (Å²) in [4.78, 5) is 13.4. The standard InChI is InChI=1S/C15H23F3N4O2/c1-3-10(2)11-8-12(24-21-11)14(23)20-9-13(15(16,17)18)22-6-4-19-5-7-22/h8,10,13,19H,3-7,9H2,1-2H3,(H,20,23). The molecule has 6 nitrogen and oxygen atoms in total. The summed E-state index contributed by atoms with van der Waals surface area (Å²) in [5.41, 5.74) is 0.622. The van der Waals surface area contributed by atoms with Gasteiger partial charge in [-0.2, -0.15) is 13.2 Å². The summed E-state index contributed by atoms with van der Waals surface area (Å²) in [5.74, 6) is -0.618. The van der Waals surface area contributed by atoms with Crippen molar-refractivity contribution in [2.45, 2.75) is 38.4 Å². The molecule has 136 valence electrons. The minimum atomic E-state index is -4.41. The minimum absolute atomic E-state index is 0.0634. The first-order chi connectivity index (χ1) is 11.3. The van der Waals surface area contributed by atoms with Gasteiger partial charge in [0.2, 0.25) is 5.76 Å². The van der Waals surface area contributed by atoms with Crippen LogP contribution in [0.2, 0.25) is 0 Å². The molecule has 0 aromatic carbocycles. The molecule has 2 rings (SSSR count). The molecule has 0 spiro atoms. The van der Waals surface area contributed by atoms with Crippen molar-refractivity contribution < 1.29 is 22.5 Å². The highest BCUT2D eigenvalue weighted by molar-refractivity contribution is 5.91. The van der Waals surface area contributed by atoms with Gasteiger partial charge in [-0.1, -0.05) is 19.0 Å². The van der Waals surface area contributed by atoms with E-state index in [4.69, 9.17) is 4.52 Å². The van der Waals surface area contributed by atoms with E-state index in [1.807, 2.05) is 13.8 Å². The van der Waals surface area contributed by atoms with Gasteiger partial charge in [-0.15, -0.1) is 0 Å². The Kier molecular flexibility index (Phi) is 6.22. The van der Waals surface area contributed by atoms with Crippen LogP contribution >= 0.6 is 0 Å². The molecule has 0 bridgehead atoms.